The van der Waals surface area contributed by atoms with Crippen molar-refractivity contribution < 1.29 is 18.3 Å². The molecule has 1 aromatic carbocycles. The van der Waals surface area contributed by atoms with Crippen molar-refractivity contribution in [2.75, 3.05) is 5.73 Å². The van der Waals surface area contributed by atoms with Crippen LogP contribution in [0.25, 0.3) is 21.8 Å². The Labute approximate surface area is 200 Å². The number of ether oxygens (including phenoxy) is 1. The Morgan fingerprint density at radius 1 is 1.30 bits per heavy atom. The second kappa shape index (κ2) is 8.36. The number of aromatic nitrogens is 4. The summed E-state index contributed by atoms with van der Waals surface area (Å²) >= 11 is 1.89. The third-order valence-corrected chi connectivity index (χ3v) is 6.44. The number of rotatable bonds is 6. The summed E-state index contributed by atoms with van der Waals surface area (Å²) in [4.78, 5) is 24.0. The quantitative estimate of drug-likeness (QED) is 0.354. The van der Waals surface area contributed by atoms with Crippen molar-refractivity contribution in [2.24, 2.45) is 7.05 Å². The minimum atomic E-state index is -2.93. The van der Waals surface area contributed by atoms with Crippen molar-refractivity contribution in [1.29, 1.82) is 0 Å². The average molecular weight is 564 g/mol. The molecule has 8 nitrogen and oxygen atoms in total. The SMILES string of the molecule is Cn1ncc2c(N)nc3ccc(C(=O)N(Cc4cc(OC(F)F)c(I)cn4)C4CC4)cc3c21. The van der Waals surface area contributed by atoms with Gasteiger partial charge in [-0.3, -0.25) is 14.5 Å². The molecule has 3 aromatic heterocycles. The van der Waals surface area contributed by atoms with E-state index in [2.05, 4.69) is 19.8 Å². The summed E-state index contributed by atoms with van der Waals surface area (Å²) in [5, 5.41) is 5.78. The van der Waals surface area contributed by atoms with Crippen LogP contribution in [0.2, 0.25) is 0 Å². The number of carbonyl (C=O) groups is 1. The van der Waals surface area contributed by atoms with E-state index >= 15 is 0 Å². The van der Waals surface area contributed by atoms with Gasteiger partial charge in [-0.2, -0.15) is 13.9 Å². The molecular formula is C22H19F2IN6O2. The number of benzene rings is 1. The predicted octanol–water partition coefficient (Wildman–Crippen LogP) is 4.11. The van der Waals surface area contributed by atoms with Crippen molar-refractivity contribution in [3.63, 3.8) is 0 Å². The summed E-state index contributed by atoms with van der Waals surface area (Å²) in [5.74, 6) is 0.269. The van der Waals surface area contributed by atoms with Gasteiger partial charge in [0.25, 0.3) is 5.91 Å². The number of aryl methyl sites for hydroxylation is 1. The van der Waals surface area contributed by atoms with E-state index < -0.39 is 6.61 Å². The Hall–Kier alpha value is -3.09. The van der Waals surface area contributed by atoms with Gasteiger partial charge in [-0.05, 0) is 53.6 Å². The number of nitrogens with zero attached hydrogens (tertiary/aromatic N) is 5. The number of amides is 1. The highest BCUT2D eigenvalue weighted by Gasteiger charge is 2.33. The van der Waals surface area contributed by atoms with Crippen molar-refractivity contribution >= 4 is 56.1 Å². The van der Waals surface area contributed by atoms with Gasteiger partial charge in [0.15, 0.2) is 0 Å². The topological polar surface area (TPSA) is 99.2 Å². The molecule has 33 heavy (non-hydrogen) atoms. The highest BCUT2D eigenvalue weighted by Crippen LogP contribution is 2.33. The summed E-state index contributed by atoms with van der Waals surface area (Å²) in [6.07, 6.45) is 4.89. The highest BCUT2D eigenvalue weighted by molar-refractivity contribution is 14.1. The maximum absolute atomic E-state index is 13.5. The molecule has 0 saturated heterocycles. The van der Waals surface area contributed by atoms with Crippen molar-refractivity contribution in [3.8, 4) is 5.75 Å². The zero-order valence-electron chi connectivity index (χ0n) is 17.5. The smallest absolute Gasteiger partial charge is 0.387 e. The second-order valence-electron chi connectivity index (χ2n) is 7.91. The van der Waals surface area contributed by atoms with E-state index in [-0.39, 0.29) is 24.2 Å². The van der Waals surface area contributed by atoms with Gasteiger partial charge in [-0.25, -0.2) is 4.98 Å². The number of hydrogen-bond acceptors (Lipinski definition) is 6. The Balaban J connectivity index is 1.50. The van der Waals surface area contributed by atoms with Crippen LogP contribution in [0.15, 0.2) is 36.7 Å². The van der Waals surface area contributed by atoms with Crippen LogP contribution in [0, 0.1) is 3.57 Å². The molecule has 0 spiro atoms. The van der Waals surface area contributed by atoms with Gasteiger partial charge in [0.2, 0.25) is 0 Å². The van der Waals surface area contributed by atoms with Crippen molar-refractivity contribution in [1.82, 2.24) is 24.6 Å². The van der Waals surface area contributed by atoms with E-state index in [1.807, 2.05) is 29.6 Å². The van der Waals surface area contributed by atoms with Crippen LogP contribution in [0.3, 0.4) is 0 Å². The van der Waals surface area contributed by atoms with Crippen LogP contribution < -0.4 is 10.5 Å². The number of nitrogen functional groups attached to an aromatic ring is 1. The molecule has 2 N–H and O–H groups in total. The first kappa shape index (κ1) is 21.7. The molecule has 1 aliphatic rings. The molecule has 3 heterocycles. The molecule has 11 heteroatoms. The van der Waals surface area contributed by atoms with Crippen LogP contribution in [0.1, 0.15) is 28.9 Å². The Kier molecular flexibility index (Phi) is 5.51. The summed E-state index contributed by atoms with van der Waals surface area (Å²) in [6, 6.07) is 6.84. The molecule has 0 bridgehead atoms. The molecule has 1 saturated carbocycles. The number of halogens is 3. The van der Waals surface area contributed by atoms with Crippen molar-refractivity contribution in [3.05, 3.63) is 51.5 Å². The van der Waals surface area contributed by atoms with Gasteiger partial charge in [0.1, 0.15) is 11.6 Å². The molecule has 1 aliphatic carbocycles. The zero-order valence-corrected chi connectivity index (χ0v) is 19.7. The molecule has 1 amide bonds. The first-order chi connectivity index (χ1) is 15.8. The summed E-state index contributed by atoms with van der Waals surface area (Å²) < 4.78 is 32.2. The lowest BCUT2D eigenvalue weighted by Gasteiger charge is -2.23. The molecule has 170 valence electrons. The lowest BCUT2D eigenvalue weighted by molar-refractivity contribution is -0.0505. The maximum atomic E-state index is 13.5. The van der Waals surface area contributed by atoms with Crippen LogP contribution in [0.5, 0.6) is 5.75 Å². The fourth-order valence-corrected chi connectivity index (χ4v) is 4.34. The lowest BCUT2D eigenvalue weighted by Crippen LogP contribution is -2.33. The average Bonchev–Trinajstić information content (AvgIpc) is 3.54. The van der Waals surface area contributed by atoms with E-state index in [9.17, 15) is 13.6 Å². The van der Waals surface area contributed by atoms with E-state index in [1.54, 1.807) is 34.0 Å². The molecule has 5 rings (SSSR count). The van der Waals surface area contributed by atoms with Crippen LogP contribution >= 0.6 is 22.6 Å². The molecule has 4 aromatic rings. The third kappa shape index (κ3) is 4.16. The maximum Gasteiger partial charge on any atom is 0.387 e. The number of nitrogens with two attached hydrogens (primary N) is 1. The predicted molar refractivity (Wildman–Crippen MR) is 127 cm³/mol. The van der Waals surface area contributed by atoms with Crippen molar-refractivity contribution in [2.45, 2.75) is 32.0 Å². The minimum Gasteiger partial charge on any atom is -0.434 e. The summed E-state index contributed by atoms with van der Waals surface area (Å²) in [7, 11) is 1.81. The van der Waals surface area contributed by atoms with Crippen LogP contribution in [-0.4, -0.2) is 43.2 Å². The Bertz CT molecular complexity index is 1390. The molecule has 0 aliphatic heterocycles. The van der Waals surface area contributed by atoms with Gasteiger partial charge in [0.05, 0.1) is 38.4 Å². The fourth-order valence-electron chi connectivity index (χ4n) is 3.92. The number of fused-ring (bicyclic) bond motifs is 3. The van der Waals surface area contributed by atoms with Gasteiger partial charge in [-0.1, -0.05) is 0 Å². The third-order valence-electron chi connectivity index (χ3n) is 5.63. The lowest BCUT2D eigenvalue weighted by atomic mass is 10.1. The monoisotopic (exact) mass is 564 g/mol. The summed E-state index contributed by atoms with van der Waals surface area (Å²) in [6.45, 7) is -2.74. The minimum absolute atomic E-state index is 0.0479. The Morgan fingerprint density at radius 3 is 2.82 bits per heavy atom. The standard InChI is InChI=1S/C22H19F2IN6O2/c1-30-19-14-6-11(2-5-17(14)29-20(26)15(19)8-28-30)21(32)31(13-3-4-13)10-12-7-18(33-22(23)24)16(25)9-27-12/h2,5-9,13,22H,3-4,10H2,1H3,(H2,26,29). The number of anilines is 1. The van der Waals surface area contributed by atoms with E-state index in [0.717, 1.165) is 29.1 Å². The second-order valence-corrected chi connectivity index (χ2v) is 9.07. The summed E-state index contributed by atoms with van der Waals surface area (Å²) in [5.41, 5.74) is 8.52. The van der Waals surface area contributed by atoms with Crippen LogP contribution in [-0.2, 0) is 13.6 Å². The molecule has 0 atom stereocenters. The van der Waals surface area contributed by atoms with E-state index in [0.29, 0.717) is 26.2 Å². The van der Waals surface area contributed by atoms with Crippen LogP contribution in [0.4, 0.5) is 14.6 Å². The van der Waals surface area contributed by atoms with Gasteiger partial charge < -0.3 is 15.4 Å². The largest absolute Gasteiger partial charge is 0.434 e. The Morgan fingerprint density at radius 2 is 2.09 bits per heavy atom. The molecule has 0 radical (unpaired) electrons. The molecular weight excluding hydrogens is 545 g/mol. The van der Waals surface area contributed by atoms with E-state index in [1.165, 1.54) is 12.3 Å². The number of carbonyl (C=O) groups excluding carboxylic acids is 1. The van der Waals surface area contributed by atoms with Gasteiger partial charge in [0, 0.05) is 36.3 Å². The molecule has 1 fully saturated rings. The number of alkyl halides is 2. The first-order valence-corrected chi connectivity index (χ1v) is 11.3. The number of hydrogen-bond donors (Lipinski definition) is 1. The zero-order chi connectivity index (χ0) is 23.3. The highest BCUT2D eigenvalue weighted by atomic mass is 127. The first-order valence-electron chi connectivity index (χ1n) is 10.2. The number of pyridine rings is 2. The molecule has 0 unspecified atom stereocenters. The normalized spacial score (nSPS) is 13.7. The van der Waals surface area contributed by atoms with Gasteiger partial charge in [-0.15, -0.1) is 0 Å². The van der Waals surface area contributed by atoms with E-state index in [4.69, 9.17) is 5.73 Å². The van der Waals surface area contributed by atoms with Gasteiger partial charge >= 0.3 is 6.61 Å². The fraction of sp³-hybridized carbons (Fsp3) is 0.273.